The third-order valence-electron chi connectivity index (χ3n) is 2.30. The molecule has 0 aromatic carbocycles. The van der Waals surface area contributed by atoms with Crippen molar-refractivity contribution in [1.82, 2.24) is 4.90 Å². The lowest BCUT2D eigenvalue weighted by Gasteiger charge is -2.10. The van der Waals surface area contributed by atoms with Gasteiger partial charge in [0, 0.05) is 0 Å². The molecule has 0 bridgehead atoms. The van der Waals surface area contributed by atoms with Crippen LogP contribution in [-0.2, 0) is 9.59 Å². The Morgan fingerprint density at radius 2 is 2.24 bits per heavy atom. The molecular formula is C11H15NO3S2. The largest absolute Gasteiger partial charge is 0.480 e. The monoisotopic (exact) mass is 273 g/mol. The Kier molecular flexibility index (Phi) is 5.64. The summed E-state index contributed by atoms with van der Waals surface area (Å²) in [5.41, 5.74) is 0. The fraction of sp³-hybridized carbons (Fsp3) is 0.545. The summed E-state index contributed by atoms with van der Waals surface area (Å²) in [5.74, 6) is -1.33. The number of nitrogens with zero attached hydrogens (tertiary/aromatic N) is 1. The minimum absolute atomic E-state index is 0.279. The van der Waals surface area contributed by atoms with Crippen LogP contribution >= 0.6 is 24.0 Å². The second-order valence-electron chi connectivity index (χ2n) is 3.72. The lowest BCUT2D eigenvalue weighted by molar-refractivity contribution is -0.140. The molecule has 0 spiro atoms. The second kappa shape index (κ2) is 6.76. The predicted octanol–water partition coefficient (Wildman–Crippen LogP) is 2.40. The van der Waals surface area contributed by atoms with E-state index in [1.54, 1.807) is 0 Å². The number of rotatable bonds is 6. The minimum Gasteiger partial charge on any atom is -0.480 e. The van der Waals surface area contributed by atoms with Crippen LogP contribution in [0.5, 0.6) is 0 Å². The second-order valence-corrected chi connectivity index (χ2v) is 5.39. The van der Waals surface area contributed by atoms with E-state index < -0.39 is 5.97 Å². The summed E-state index contributed by atoms with van der Waals surface area (Å²) in [4.78, 5) is 24.1. The fourth-order valence-corrected chi connectivity index (χ4v) is 2.70. The molecule has 0 aromatic rings. The maximum atomic E-state index is 11.8. The summed E-state index contributed by atoms with van der Waals surface area (Å²) in [6.45, 7) is 1.77. The van der Waals surface area contributed by atoms with E-state index in [-0.39, 0.29) is 12.5 Å². The smallest absolute Gasteiger partial charge is 0.323 e. The van der Waals surface area contributed by atoms with Crippen molar-refractivity contribution in [2.45, 2.75) is 32.6 Å². The third-order valence-corrected chi connectivity index (χ3v) is 3.73. The number of allylic oxidation sites excluding steroid dienone is 1. The van der Waals surface area contributed by atoms with Crippen molar-refractivity contribution in [2.75, 3.05) is 6.54 Å². The third kappa shape index (κ3) is 4.12. The zero-order valence-electron chi connectivity index (χ0n) is 9.64. The lowest BCUT2D eigenvalue weighted by atomic mass is 10.2. The van der Waals surface area contributed by atoms with Crippen LogP contribution in [0, 0.1) is 0 Å². The summed E-state index contributed by atoms with van der Waals surface area (Å²) >= 11 is 6.17. The van der Waals surface area contributed by atoms with Gasteiger partial charge in [-0.3, -0.25) is 14.5 Å². The van der Waals surface area contributed by atoms with Crippen molar-refractivity contribution in [1.29, 1.82) is 0 Å². The van der Waals surface area contributed by atoms with Crippen LogP contribution < -0.4 is 0 Å². The van der Waals surface area contributed by atoms with E-state index in [0.29, 0.717) is 9.23 Å². The fourth-order valence-electron chi connectivity index (χ4n) is 1.44. The van der Waals surface area contributed by atoms with Crippen molar-refractivity contribution in [3.63, 3.8) is 0 Å². The van der Waals surface area contributed by atoms with E-state index in [1.165, 1.54) is 11.8 Å². The quantitative estimate of drug-likeness (QED) is 0.457. The molecule has 94 valence electrons. The number of carboxylic acids is 1. The first-order valence-corrected chi connectivity index (χ1v) is 6.74. The number of amides is 1. The van der Waals surface area contributed by atoms with E-state index in [0.717, 1.165) is 30.6 Å². The van der Waals surface area contributed by atoms with E-state index in [9.17, 15) is 9.59 Å². The number of carbonyl (C=O) groups is 2. The van der Waals surface area contributed by atoms with Gasteiger partial charge in [0.1, 0.15) is 10.9 Å². The van der Waals surface area contributed by atoms with Crippen molar-refractivity contribution >= 4 is 40.2 Å². The zero-order valence-corrected chi connectivity index (χ0v) is 11.3. The first kappa shape index (κ1) is 14.2. The topological polar surface area (TPSA) is 57.6 Å². The molecule has 1 saturated heterocycles. The highest BCUT2D eigenvalue weighted by atomic mass is 32.2. The summed E-state index contributed by atoms with van der Waals surface area (Å²) in [5, 5.41) is 8.66. The summed E-state index contributed by atoms with van der Waals surface area (Å²) in [7, 11) is 0. The molecule has 0 unspecified atom stereocenters. The molecule has 0 radical (unpaired) electrons. The zero-order chi connectivity index (χ0) is 12.8. The standard InChI is InChI=1S/C11H15NO3S2/c1-2-3-4-5-6-8-10(15)12(7-9(13)14)11(16)17-8/h6H,2-5,7H2,1H3,(H,13,14)/b8-6-. The van der Waals surface area contributed by atoms with Crippen LogP contribution in [-0.4, -0.2) is 32.7 Å². The van der Waals surface area contributed by atoms with Crippen molar-refractivity contribution in [2.24, 2.45) is 0 Å². The number of aliphatic carboxylic acids is 1. The number of carbonyl (C=O) groups excluding carboxylic acids is 1. The van der Waals surface area contributed by atoms with Crippen LogP contribution in [0.15, 0.2) is 11.0 Å². The van der Waals surface area contributed by atoms with Gasteiger partial charge < -0.3 is 5.11 Å². The van der Waals surface area contributed by atoms with Gasteiger partial charge in [-0.05, 0) is 12.8 Å². The number of hydrogen-bond acceptors (Lipinski definition) is 4. The van der Waals surface area contributed by atoms with Crippen molar-refractivity contribution in [3.8, 4) is 0 Å². The highest BCUT2D eigenvalue weighted by Gasteiger charge is 2.32. The Hall–Kier alpha value is -0.880. The molecule has 0 aliphatic carbocycles. The average molecular weight is 273 g/mol. The molecule has 1 aliphatic rings. The number of thioether (sulfide) groups is 1. The van der Waals surface area contributed by atoms with Gasteiger partial charge in [0.05, 0.1) is 4.91 Å². The number of thiocarbonyl (C=S) groups is 1. The predicted molar refractivity (Wildman–Crippen MR) is 71.8 cm³/mol. The summed E-state index contributed by atoms with van der Waals surface area (Å²) < 4.78 is 0.333. The van der Waals surface area contributed by atoms with Crippen molar-refractivity contribution in [3.05, 3.63) is 11.0 Å². The number of carboxylic acid groups (broad SMARTS) is 1. The summed E-state index contributed by atoms with van der Waals surface area (Å²) in [6.07, 6.45) is 6.00. The van der Waals surface area contributed by atoms with Crippen LogP contribution in [0.2, 0.25) is 0 Å². The molecule has 1 fully saturated rings. The molecule has 4 nitrogen and oxygen atoms in total. The average Bonchev–Trinajstić information content (AvgIpc) is 2.52. The number of unbranched alkanes of at least 4 members (excludes halogenated alkanes) is 3. The Morgan fingerprint density at radius 3 is 2.82 bits per heavy atom. The molecule has 17 heavy (non-hydrogen) atoms. The molecule has 1 N–H and O–H groups in total. The molecule has 1 rings (SSSR count). The molecule has 1 aliphatic heterocycles. The number of hydrogen-bond donors (Lipinski definition) is 1. The molecule has 6 heteroatoms. The van der Waals surface area contributed by atoms with Crippen molar-refractivity contribution < 1.29 is 14.7 Å². The van der Waals surface area contributed by atoms with Gasteiger partial charge >= 0.3 is 5.97 Å². The van der Waals surface area contributed by atoms with Gasteiger partial charge in [-0.15, -0.1) is 0 Å². The first-order chi connectivity index (χ1) is 8.06. The first-order valence-electron chi connectivity index (χ1n) is 5.52. The van der Waals surface area contributed by atoms with Gasteiger partial charge in [0.15, 0.2) is 0 Å². The van der Waals surface area contributed by atoms with Crippen LogP contribution in [0.25, 0.3) is 0 Å². The molecule has 0 aromatic heterocycles. The van der Waals surface area contributed by atoms with Crippen LogP contribution in [0.3, 0.4) is 0 Å². The maximum absolute atomic E-state index is 11.8. The Bertz CT molecular complexity index is 366. The Balaban J connectivity index is 2.57. The van der Waals surface area contributed by atoms with Gasteiger partial charge in [0.25, 0.3) is 5.91 Å². The molecule has 0 saturated carbocycles. The van der Waals surface area contributed by atoms with Gasteiger partial charge in [0.2, 0.25) is 0 Å². The molecule has 0 atom stereocenters. The van der Waals surface area contributed by atoms with E-state index in [2.05, 4.69) is 6.92 Å². The summed E-state index contributed by atoms with van der Waals surface area (Å²) in [6, 6.07) is 0. The normalized spacial score (nSPS) is 18.2. The van der Waals surface area contributed by atoms with Crippen LogP contribution in [0.1, 0.15) is 32.6 Å². The highest BCUT2D eigenvalue weighted by molar-refractivity contribution is 8.26. The van der Waals surface area contributed by atoms with Gasteiger partial charge in [-0.25, -0.2) is 0 Å². The van der Waals surface area contributed by atoms with E-state index >= 15 is 0 Å². The van der Waals surface area contributed by atoms with E-state index in [1.807, 2.05) is 6.08 Å². The Labute approximate surface area is 110 Å². The maximum Gasteiger partial charge on any atom is 0.323 e. The molecular weight excluding hydrogens is 258 g/mol. The van der Waals surface area contributed by atoms with Gasteiger partial charge in [-0.1, -0.05) is 49.8 Å². The SMILES string of the molecule is CCCCC/C=C1\SC(=S)N(CC(=O)O)C1=O. The molecule has 1 amide bonds. The minimum atomic E-state index is -1.05. The van der Waals surface area contributed by atoms with Gasteiger partial charge in [-0.2, -0.15) is 0 Å². The van der Waals surface area contributed by atoms with E-state index in [4.69, 9.17) is 17.3 Å². The Morgan fingerprint density at radius 1 is 1.53 bits per heavy atom. The highest BCUT2D eigenvalue weighted by Crippen LogP contribution is 2.31. The van der Waals surface area contributed by atoms with Crippen LogP contribution in [0.4, 0.5) is 0 Å². The lowest BCUT2D eigenvalue weighted by Crippen LogP contribution is -2.33. The molecule has 1 heterocycles.